The van der Waals surface area contributed by atoms with Gasteiger partial charge in [-0.25, -0.2) is 13.1 Å². The first kappa shape index (κ1) is 14.8. The first-order valence-corrected chi connectivity index (χ1v) is 7.70. The van der Waals surface area contributed by atoms with E-state index in [1.165, 1.54) is 12.3 Å². The predicted molar refractivity (Wildman–Crippen MR) is 71.4 cm³/mol. The molecule has 0 aliphatic heterocycles. The molecule has 2 N–H and O–H groups in total. The first-order chi connectivity index (χ1) is 9.53. The summed E-state index contributed by atoms with van der Waals surface area (Å²) in [6.45, 7) is 4.95. The summed E-state index contributed by atoms with van der Waals surface area (Å²) in [4.78, 5) is 0.147. The van der Waals surface area contributed by atoms with Crippen LogP contribution in [-0.4, -0.2) is 20.1 Å². The van der Waals surface area contributed by atoms with Crippen LogP contribution < -0.4 is 10.0 Å². The molecule has 2 rings (SSSR count). The molecule has 2 heterocycles. The molecule has 8 heteroatoms. The Morgan fingerprint density at radius 2 is 2.15 bits per heavy atom. The summed E-state index contributed by atoms with van der Waals surface area (Å²) in [5.41, 5.74) is 0.516. The van der Waals surface area contributed by atoms with Gasteiger partial charge in [-0.2, -0.15) is 0 Å². The van der Waals surface area contributed by atoms with Crippen molar-refractivity contribution in [3.8, 4) is 0 Å². The molecule has 110 valence electrons. The van der Waals surface area contributed by atoms with Crippen LogP contribution in [0.4, 0.5) is 0 Å². The van der Waals surface area contributed by atoms with Crippen LogP contribution in [0.5, 0.6) is 0 Å². The highest BCUT2D eigenvalue weighted by atomic mass is 32.2. The fourth-order valence-electron chi connectivity index (χ4n) is 1.70. The molecule has 2 aromatic rings. The smallest absolute Gasteiger partial charge is 0.244 e. The molecule has 0 atom stereocenters. The zero-order valence-electron chi connectivity index (χ0n) is 11.3. The van der Waals surface area contributed by atoms with Crippen molar-refractivity contribution in [2.45, 2.75) is 31.8 Å². The van der Waals surface area contributed by atoms with E-state index in [0.717, 1.165) is 6.54 Å². The lowest BCUT2D eigenvalue weighted by atomic mass is 10.4. The molecular formula is C12H17N3O4S. The summed E-state index contributed by atoms with van der Waals surface area (Å²) in [5, 5.41) is 6.73. The maximum atomic E-state index is 12.2. The SMILES string of the molecule is CCNCc1cc(S(=O)(=O)NCc2ccon2)c(C)o1. The predicted octanol–water partition coefficient (Wildman–Crippen LogP) is 1.16. The number of aromatic nitrogens is 1. The minimum Gasteiger partial charge on any atom is -0.464 e. The maximum Gasteiger partial charge on any atom is 0.244 e. The number of sulfonamides is 1. The van der Waals surface area contributed by atoms with E-state index in [4.69, 9.17) is 4.42 Å². The van der Waals surface area contributed by atoms with E-state index in [-0.39, 0.29) is 11.4 Å². The number of nitrogens with one attached hydrogen (secondary N) is 2. The van der Waals surface area contributed by atoms with Crippen molar-refractivity contribution >= 4 is 10.0 Å². The molecule has 0 spiro atoms. The second-order valence-corrected chi connectivity index (χ2v) is 5.96. The van der Waals surface area contributed by atoms with Crippen LogP contribution >= 0.6 is 0 Å². The van der Waals surface area contributed by atoms with Crippen molar-refractivity contribution in [1.82, 2.24) is 15.2 Å². The Morgan fingerprint density at radius 3 is 2.80 bits per heavy atom. The summed E-state index contributed by atoms with van der Waals surface area (Å²) in [7, 11) is -3.62. The number of hydrogen-bond acceptors (Lipinski definition) is 6. The van der Waals surface area contributed by atoms with E-state index >= 15 is 0 Å². The van der Waals surface area contributed by atoms with E-state index in [1.54, 1.807) is 13.0 Å². The van der Waals surface area contributed by atoms with Crippen molar-refractivity contribution in [3.05, 3.63) is 35.6 Å². The van der Waals surface area contributed by atoms with E-state index in [0.29, 0.717) is 23.8 Å². The number of furan rings is 1. The highest BCUT2D eigenvalue weighted by Gasteiger charge is 2.21. The molecule has 0 aliphatic carbocycles. The lowest BCUT2D eigenvalue weighted by Gasteiger charge is -2.02. The van der Waals surface area contributed by atoms with Gasteiger partial charge in [0.25, 0.3) is 0 Å². The van der Waals surface area contributed by atoms with Gasteiger partial charge in [-0.1, -0.05) is 12.1 Å². The molecule has 0 aromatic carbocycles. The highest BCUT2D eigenvalue weighted by Crippen LogP contribution is 2.20. The standard InChI is InChI=1S/C12H17N3O4S/c1-3-13-8-11-6-12(9(2)19-11)20(16,17)14-7-10-4-5-18-15-10/h4-6,13-14H,3,7-8H2,1-2H3. The molecular weight excluding hydrogens is 282 g/mol. The third kappa shape index (κ3) is 3.47. The zero-order valence-corrected chi connectivity index (χ0v) is 12.2. The van der Waals surface area contributed by atoms with Gasteiger partial charge in [0.1, 0.15) is 22.7 Å². The Kier molecular flexibility index (Phi) is 4.58. The van der Waals surface area contributed by atoms with Gasteiger partial charge in [0, 0.05) is 12.1 Å². The van der Waals surface area contributed by atoms with Gasteiger partial charge in [0.15, 0.2) is 0 Å². The molecule has 0 radical (unpaired) electrons. The topological polar surface area (TPSA) is 97.4 Å². The van der Waals surface area contributed by atoms with Crippen molar-refractivity contribution in [1.29, 1.82) is 0 Å². The summed E-state index contributed by atoms with van der Waals surface area (Å²) < 4.78 is 36.9. The zero-order chi connectivity index (χ0) is 14.6. The summed E-state index contributed by atoms with van der Waals surface area (Å²) in [6.07, 6.45) is 1.39. The summed E-state index contributed by atoms with van der Waals surface area (Å²) in [5.74, 6) is 0.955. The molecule has 0 amide bonds. The minimum absolute atomic E-state index is 0.0754. The molecule has 0 saturated carbocycles. The molecule has 2 aromatic heterocycles. The average Bonchev–Trinajstić information content (AvgIpc) is 3.03. The third-order valence-electron chi connectivity index (χ3n) is 2.70. The van der Waals surface area contributed by atoms with Gasteiger partial charge >= 0.3 is 0 Å². The van der Waals surface area contributed by atoms with E-state index in [1.807, 2.05) is 6.92 Å². The molecule has 0 saturated heterocycles. The fourth-order valence-corrected chi connectivity index (χ4v) is 2.90. The van der Waals surface area contributed by atoms with Crippen LogP contribution in [0, 0.1) is 6.92 Å². The van der Waals surface area contributed by atoms with Gasteiger partial charge in [-0.15, -0.1) is 0 Å². The second kappa shape index (κ2) is 6.21. The Labute approximate surface area is 117 Å². The van der Waals surface area contributed by atoms with Crippen LogP contribution in [0.25, 0.3) is 0 Å². The van der Waals surface area contributed by atoms with Crippen LogP contribution in [0.3, 0.4) is 0 Å². The van der Waals surface area contributed by atoms with Crippen LogP contribution in [0.2, 0.25) is 0 Å². The van der Waals surface area contributed by atoms with E-state index in [9.17, 15) is 8.42 Å². The van der Waals surface area contributed by atoms with Crippen LogP contribution in [0.15, 0.2) is 32.2 Å². The second-order valence-electron chi connectivity index (χ2n) is 4.23. The molecule has 7 nitrogen and oxygen atoms in total. The van der Waals surface area contributed by atoms with Gasteiger partial charge in [0.2, 0.25) is 10.0 Å². The lowest BCUT2D eigenvalue weighted by Crippen LogP contribution is -2.23. The van der Waals surface area contributed by atoms with E-state index < -0.39 is 10.0 Å². The molecule has 0 unspecified atom stereocenters. The Bertz CT molecular complexity index is 646. The quantitative estimate of drug-likeness (QED) is 0.796. The monoisotopic (exact) mass is 299 g/mol. The van der Waals surface area contributed by atoms with Gasteiger partial charge in [-0.3, -0.25) is 0 Å². The Balaban J connectivity index is 2.10. The number of nitrogens with zero attached hydrogens (tertiary/aromatic N) is 1. The van der Waals surface area contributed by atoms with Crippen molar-refractivity contribution in [2.75, 3.05) is 6.54 Å². The highest BCUT2D eigenvalue weighted by molar-refractivity contribution is 7.89. The normalized spacial score (nSPS) is 11.9. The van der Waals surface area contributed by atoms with Crippen LogP contribution in [0.1, 0.15) is 24.1 Å². The van der Waals surface area contributed by atoms with Gasteiger partial charge < -0.3 is 14.3 Å². The fraction of sp³-hybridized carbons (Fsp3) is 0.417. The first-order valence-electron chi connectivity index (χ1n) is 6.22. The number of hydrogen-bond donors (Lipinski definition) is 2. The average molecular weight is 299 g/mol. The van der Waals surface area contributed by atoms with Gasteiger partial charge in [0.05, 0.1) is 18.8 Å². The van der Waals surface area contributed by atoms with E-state index in [2.05, 4.69) is 19.7 Å². The molecule has 20 heavy (non-hydrogen) atoms. The Morgan fingerprint density at radius 1 is 1.35 bits per heavy atom. The van der Waals surface area contributed by atoms with Crippen molar-refractivity contribution in [3.63, 3.8) is 0 Å². The molecule has 0 aliphatic rings. The lowest BCUT2D eigenvalue weighted by molar-refractivity contribution is 0.411. The summed E-state index contributed by atoms with van der Waals surface area (Å²) in [6, 6.07) is 3.13. The van der Waals surface area contributed by atoms with Crippen molar-refractivity contribution < 1.29 is 17.4 Å². The van der Waals surface area contributed by atoms with Gasteiger partial charge in [-0.05, 0) is 13.5 Å². The Hall–Kier alpha value is -1.64. The minimum atomic E-state index is -3.62. The molecule has 0 bridgehead atoms. The van der Waals surface area contributed by atoms with Crippen molar-refractivity contribution in [2.24, 2.45) is 0 Å². The molecule has 0 fully saturated rings. The maximum absolute atomic E-state index is 12.2. The third-order valence-corrected chi connectivity index (χ3v) is 4.21. The number of aryl methyl sites for hydroxylation is 1. The largest absolute Gasteiger partial charge is 0.464 e. The number of rotatable bonds is 7. The van der Waals surface area contributed by atoms with Crippen LogP contribution in [-0.2, 0) is 23.1 Å². The summed E-state index contributed by atoms with van der Waals surface area (Å²) >= 11 is 0.